The quantitative estimate of drug-likeness (QED) is 0.614. The van der Waals surface area contributed by atoms with Crippen LogP contribution < -0.4 is 0 Å². The van der Waals surface area contributed by atoms with Crippen molar-refractivity contribution in [2.45, 2.75) is 68.7 Å². The van der Waals surface area contributed by atoms with Gasteiger partial charge in [-0.3, -0.25) is 0 Å². The maximum Gasteiger partial charge on any atom is 0.170 e. The summed E-state index contributed by atoms with van der Waals surface area (Å²) >= 11 is 0. The molecule has 6 fully saturated rings. The van der Waals surface area contributed by atoms with Crippen LogP contribution in [-0.2, 0) is 18.9 Å². The van der Waals surface area contributed by atoms with Gasteiger partial charge in [-0.25, -0.2) is 0 Å². The first-order chi connectivity index (χ1) is 8.74. The van der Waals surface area contributed by atoms with E-state index in [0.717, 1.165) is 45.3 Å². The average molecular weight is 252 g/mol. The Labute approximate surface area is 107 Å². The van der Waals surface area contributed by atoms with Gasteiger partial charge >= 0.3 is 0 Å². The summed E-state index contributed by atoms with van der Waals surface area (Å²) in [5.41, 5.74) is 0.248. The lowest BCUT2D eigenvalue weighted by atomic mass is 9.69. The zero-order valence-corrected chi connectivity index (χ0v) is 10.6. The van der Waals surface area contributed by atoms with Crippen molar-refractivity contribution < 1.29 is 18.9 Å². The topological polar surface area (TPSA) is 40.2 Å². The van der Waals surface area contributed by atoms with E-state index in [9.17, 15) is 0 Å². The van der Waals surface area contributed by atoms with Gasteiger partial charge in [0.25, 0.3) is 0 Å². The van der Waals surface area contributed by atoms with E-state index in [1.165, 1.54) is 6.42 Å². The standard InChI is InChI=1S/C14H20O4/c1-2-14(6-12-11(1)18-12)15-7-13(8-16-14)4-9-3-10(5-13)17-9/h9-12H,1-8H2. The van der Waals surface area contributed by atoms with Gasteiger partial charge in [-0.15, -0.1) is 0 Å². The molecule has 4 heteroatoms. The Bertz CT molecular complexity index is 342. The monoisotopic (exact) mass is 252 g/mol. The molecule has 0 N–H and O–H groups in total. The Morgan fingerprint density at radius 3 is 2.22 bits per heavy atom. The fraction of sp³-hybridized carbons (Fsp3) is 1.00. The van der Waals surface area contributed by atoms with Crippen LogP contribution in [0.2, 0.25) is 0 Å². The van der Waals surface area contributed by atoms with Crippen LogP contribution in [-0.4, -0.2) is 43.4 Å². The molecule has 2 spiro atoms. The number of hydrogen-bond donors (Lipinski definition) is 0. The Kier molecular flexibility index (Phi) is 1.94. The van der Waals surface area contributed by atoms with E-state index in [-0.39, 0.29) is 11.2 Å². The molecule has 0 aromatic carbocycles. The van der Waals surface area contributed by atoms with Crippen LogP contribution in [0.3, 0.4) is 0 Å². The lowest BCUT2D eigenvalue weighted by molar-refractivity contribution is -0.338. The highest BCUT2D eigenvalue weighted by Gasteiger charge is 2.57. The van der Waals surface area contributed by atoms with E-state index >= 15 is 0 Å². The number of ether oxygens (including phenoxy) is 4. The van der Waals surface area contributed by atoms with Crippen LogP contribution >= 0.6 is 0 Å². The minimum Gasteiger partial charge on any atom is -0.375 e. The Morgan fingerprint density at radius 1 is 0.833 bits per heavy atom. The molecule has 2 aliphatic carbocycles. The molecule has 2 bridgehead atoms. The minimum absolute atomic E-state index is 0.248. The molecular formula is C14H20O4. The van der Waals surface area contributed by atoms with Crippen LogP contribution in [0.25, 0.3) is 0 Å². The Hall–Kier alpha value is -0.160. The molecule has 2 saturated carbocycles. The first-order valence-electron chi connectivity index (χ1n) is 7.33. The van der Waals surface area contributed by atoms with Crippen molar-refractivity contribution in [3.8, 4) is 0 Å². The van der Waals surface area contributed by atoms with Gasteiger partial charge in [0.1, 0.15) is 0 Å². The normalized spacial score (nSPS) is 61.3. The van der Waals surface area contributed by atoms with Gasteiger partial charge in [0.15, 0.2) is 5.79 Å². The third-order valence-electron chi connectivity index (χ3n) is 5.52. The van der Waals surface area contributed by atoms with Gasteiger partial charge in [0.2, 0.25) is 0 Å². The van der Waals surface area contributed by atoms with Gasteiger partial charge < -0.3 is 18.9 Å². The summed E-state index contributed by atoms with van der Waals surface area (Å²) < 4.78 is 23.7. The van der Waals surface area contributed by atoms with Crippen molar-refractivity contribution in [1.82, 2.24) is 0 Å². The SMILES string of the molecule is C1C2CC3(COC4(CCC5OC5C4)OC3)CC1O2. The molecular weight excluding hydrogens is 232 g/mol. The highest BCUT2D eigenvalue weighted by Crippen LogP contribution is 2.52. The van der Waals surface area contributed by atoms with Crippen molar-refractivity contribution in [2.75, 3.05) is 13.2 Å². The van der Waals surface area contributed by atoms with Gasteiger partial charge in [-0.05, 0) is 25.7 Å². The second-order valence-electron chi connectivity index (χ2n) is 6.97. The molecule has 100 valence electrons. The summed E-state index contributed by atoms with van der Waals surface area (Å²) in [6.07, 6.45) is 8.44. The predicted octanol–water partition coefficient (Wildman–Crippen LogP) is 1.62. The maximum atomic E-state index is 6.21. The Morgan fingerprint density at radius 2 is 1.56 bits per heavy atom. The van der Waals surface area contributed by atoms with Crippen molar-refractivity contribution in [3.63, 3.8) is 0 Å². The zero-order valence-electron chi connectivity index (χ0n) is 10.6. The Balaban J connectivity index is 1.29. The van der Waals surface area contributed by atoms with Crippen LogP contribution in [0, 0.1) is 5.41 Å². The second-order valence-corrected chi connectivity index (χ2v) is 6.97. The fourth-order valence-corrected chi connectivity index (χ4v) is 4.40. The molecule has 0 radical (unpaired) electrons. The molecule has 4 unspecified atom stereocenters. The first-order valence-corrected chi connectivity index (χ1v) is 7.33. The van der Waals surface area contributed by atoms with E-state index in [4.69, 9.17) is 18.9 Å². The van der Waals surface area contributed by atoms with E-state index in [0.29, 0.717) is 24.4 Å². The average Bonchev–Trinajstić information content (AvgIpc) is 3.11. The van der Waals surface area contributed by atoms with Gasteiger partial charge in [-0.2, -0.15) is 0 Å². The summed E-state index contributed by atoms with van der Waals surface area (Å²) in [5.74, 6) is -0.314. The smallest absolute Gasteiger partial charge is 0.170 e. The van der Waals surface area contributed by atoms with Gasteiger partial charge in [-0.1, -0.05) is 0 Å². The van der Waals surface area contributed by atoms with Crippen LogP contribution in [0.4, 0.5) is 0 Å². The van der Waals surface area contributed by atoms with E-state index < -0.39 is 0 Å². The second kappa shape index (κ2) is 3.29. The summed E-state index contributed by atoms with van der Waals surface area (Å²) in [6, 6.07) is 0. The van der Waals surface area contributed by atoms with Gasteiger partial charge in [0, 0.05) is 18.3 Å². The summed E-state index contributed by atoms with van der Waals surface area (Å²) in [4.78, 5) is 0. The molecule has 0 aromatic heterocycles. The molecule has 0 aromatic rings. The lowest BCUT2D eigenvalue weighted by Crippen LogP contribution is -2.59. The fourth-order valence-electron chi connectivity index (χ4n) is 4.40. The predicted molar refractivity (Wildman–Crippen MR) is 62.1 cm³/mol. The van der Waals surface area contributed by atoms with Crippen LogP contribution in [0.15, 0.2) is 0 Å². The number of hydrogen-bond acceptors (Lipinski definition) is 4. The maximum absolute atomic E-state index is 6.21. The highest BCUT2D eigenvalue weighted by atomic mass is 16.7. The first kappa shape index (κ1) is 10.6. The molecule has 4 atom stereocenters. The molecule has 4 aliphatic heterocycles. The highest BCUT2D eigenvalue weighted by molar-refractivity contribution is 5.02. The number of epoxide rings is 1. The number of fused-ring (bicyclic) bond motifs is 1. The molecule has 0 amide bonds. The zero-order chi connectivity index (χ0) is 11.8. The van der Waals surface area contributed by atoms with E-state index in [1.807, 2.05) is 0 Å². The minimum atomic E-state index is -0.314. The third-order valence-corrected chi connectivity index (χ3v) is 5.52. The van der Waals surface area contributed by atoms with Crippen LogP contribution in [0.5, 0.6) is 0 Å². The molecule has 6 aliphatic rings. The third kappa shape index (κ3) is 1.46. The number of rotatable bonds is 0. The molecule has 6 rings (SSSR count). The van der Waals surface area contributed by atoms with Crippen LogP contribution in [0.1, 0.15) is 38.5 Å². The van der Waals surface area contributed by atoms with E-state index in [1.54, 1.807) is 0 Å². The molecule has 4 nitrogen and oxygen atoms in total. The molecule has 4 heterocycles. The van der Waals surface area contributed by atoms with Crippen molar-refractivity contribution >= 4 is 0 Å². The summed E-state index contributed by atoms with van der Waals surface area (Å²) in [6.45, 7) is 1.72. The summed E-state index contributed by atoms with van der Waals surface area (Å²) in [5, 5.41) is 0. The van der Waals surface area contributed by atoms with Crippen molar-refractivity contribution in [3.05, 3.63) is 0 Å². The van der Waals surface area contributed by atoms with E-state index in [2.05, 4.69) is 0 Å². The lowest BCUT2D eigenvalue weighted by Gasteiger charge is -2.55. The molecule has 18 heavy (non-hydrogen) atoms. The van der Waals surface area contributed by atoms with Crippen molar-refractivity contribution in [2.24, 2.45) is 5.41 Å². The largest absolute Gasteiger partial charge is 0.375 e. The van der Waals surface area contributed by atoms with Crippen molar-refractivity contribution in [1.29, 1.82) is 0 Å². The van der Waals surface area contributed by atoms with Gasteiger partial charge in [0.05, 0.1) is 37.6 Å². The summed E-state index contributed by atoms with van der Waals surface area (Å²) in [7, 11) is 0. The molecule has 4 saturated heterocycles.